The third kappa shape index (κ3) is 3.36. The highest BCUT2D eigenvalue weighted by molar-refractivity contribution is 6.31. The van der Waals surface area contributed by atoms with Gasteiger partial charge in [0, 0.05) is 0 Å². The molecule has 0 spiro atoms. The molecule has 0 fully saturated rings. The predicted octanol–water partition coefficient (Wildman–Crippen LogP) is 3.50. The summed E-state index contributed by atoms with van der Waals surface area (Å²) in [5.74, 6) is 0. The minimum Gasteiger partial charge on any atom is -0.424 e. The van der Waals surface area contributed by atoms with Crippen LogP contribution in [0, 0.1) is 0 Å². The summed E-state index contributed by atoms with van der Waals surface area (Å²) in [5, 5.41) is 0.165. The Labute approximate surface area is 116 Å². The maximum Gasteiger partial charge on any atom is 0.292 e. The number of oxazole rings is 1. The standard InChI is InChI=1S/C14H20N2O2Si/c1-13(2,3)19-18-14(4,5)9-6-7-10-11(8-9)17-12(15)16-10/h6-8H,1-5H3,(H2,15,16). The zero-order valence-corrected chi connectivity index (χ0v) is 13.1. The van der Waals surface area contributed by atoms with Crippen molar-refractivity contribution in [3.8, 4) is 0 Å². The van der Waals surface area contributed by atoms with Crippen LogP contribution >= 0.6 is 0 Å². The number of benzene rings is 1. The van der Waals surface area contributed by atoms with E-state index < -0.39 is 0 Å². The fourth-order valence-electron chi connectivity index (χ4n) is 1.66. The highest BCUT2D eigenvalue weighted by Gasteiger charge is 2.26. The molecule has 0 saturated carbocycles. The Morgan fingerprint density at radius 3 is 2.53 bits per heavy atom. The van der Waals surface area contributed by atoms with Crippen LogP contribution in [-0.2, 0) is 10.0 Å². The number of anilines is 1. The van der Waals surface area contributed by atoms with E-state index in [4.69, 9.17) is 14.6 Å². The van der Waals surface area contributed by atoms with E-state index in [9.17, 15) is 0 Å². The Kier molecular flexibility index (Phi) is 3.45. The second-order valence-corrected chi connectivity index (χ2v) is 8.11. The highest BCUT2D eigenvalue weighted by atomic mass is 28.2. The highest BCUT2D eigenvalue weighted by Crippen LogP contribution is 2.31. The van der Waals surface area contributed by atoms with E-state index in [2.05, 4.69) is 39.6 Å². The van der Waals surface area contributed by atoms with Gasteiger partial charge in [-0.15, -0.1) is 0 Å². The van der Waals surface area contributed by atoms with Crippen molar-refractivity contribution >= 4 is 26.9 Å². The van der Waals surface area contributed by atoms with Crippen LogP contribution in [0.3, 0.4) is 0 Å². The molecule has 1 aromatic heterocycles. The Balaban J connectivity index is 2.26. The topological polar surface area (TPSA) is 61.3 Å². The van der Waals surface area contributed by atoms with Crippen LogP contribution in [0.2, 0.25) is 5.04 Å². The van der Waals surface area contributed by atoms with Gasteiger partial charge in [-0.3, -0.25) is 0 Å². The van der Waals surface area contributed by atoms with Gasteiger partial charge in [0.25, 0.3) is 6.01 Å². The summed E-state index contributed by atoms with van der Waals surface area (Å²) in [4.78, 5) is 4.09. The summed E-state index contributed by atoms with van der Waals surface area (Å²) in [6.07, 6.45) is 0. The minimum atomic E-state index is -0.360. The first-order valence-electron chi connectivity index (χ1n) is 6.29. The number of rotatable bonds is 3. The lowest BCUT2D eigenvalue weighted by Gasteiger charge is -2.29. The van der Waals surface area contributed by atoms with E-state index in [1.54, 1.807) is 0 Å². The quantitative estimate of drug-likeness (QED) is 0.872. The molecule has 0 unspecified atom stereocenters. The number of fused-ring (bicyclic) bond motifs is 1. The second-order valence-electron chi connectivity index (χ2n) is 6.20. The van der Waals surface area contributed by atoms with Crippen molar-refractivity contribution in [2.24, 2.45) is 0 Å². The zero-order valence-electron chi connectivity index (χ0n) is 12.1. The van der Waals surface area contributed by atoms with Crippen LogP contribution in [0.5, 0.6) is 0 Å². The van der Waals surface area contributed by atoms with Crippen LogP contribution in [-0.4, -0.2) is 14.7 Å². The van der Waals surface area contributed by atoms with Crippen molar-refractivity contribution in [2.45, 2.75) is 45.3 Å². The van der Waals surface area contributed by atoms with Gasteiger partial charge in [0.15, 0.2) is 5.58 Å². The fourth-order valence-corrected chi connectivity index (χ4v) is 2.34. The molecule has 0 aliphatic heterocycles. The summed E-state index contributed by atoms with van der Waals surface area (Å²) in [5.41, 5.74) is 7.73. The maximum absolute atomic E-state index is 6.07. The third-order valence-electron chi connectivity index (χ3n) is 2.71. The number of nitrogens with zero attached hydrogens (tertiary/aromatic N) is 1. The second kappa shape index (κ2) is 4.65. The molecule has 5 heteroatoms. The Morgan fingerprint density at radius 2 is 1.89 bits per heavy atom. The van der Waals surface area contributed by atoms with Crippen LogP contribution in [0.25, 0.3) is 11.1 Å². The predicted molar refractivity (Wildman–Crippen MR) is 78.0 cm³/mol. The summed E-state index contributed by atoms with van der Waals surface area (Å²) in [7, 11) is 0.430. The van der Waals surface area contributed by atoms with Gasteiger partial charge in [-0.25, -0.2) is 0 Å². The molecular weight excluding hydrogens is 256 g/mol. The molecule has 0 aliphatic rings. The minimum absolute atomic E-state index is 0.165. The molecule has 102 valence electrons. The number of nitrogens with two attached hydrogens (primary N) is 1. The van der Waals surface area contributed by atoms with Gasteiger partial charge < -0.3 is 14.6 Å². The van der Waals surface area contributed by atoms with Crippen molar-refractivity contribution in [2.75, 3.05) is 5.73 Å². The lowest BCUT2D eigenvalue weighted by atomic mass is 9.98. The first kappa shape index (κ1) is 14.1. The van der Waals surface area contributed by atoms with Gasteiger partial charge in [-0.1, -0.05) is 26.8 Å². The van der Waals surface area contributed by atoms with Crippen LogP contribution in [0.15, 0.2) is 22.6 Å². The lowest BCUT2D eigenvalue weighted by molar-refractivity contribution is 0.109. The Morgan fingerprint density at radius 1 is 1.21 bits per heavy atom. The van der Waals surface area contributed by atoms with Gasteiger partial charge in [0.2, 0.25) is 9.76 Å². The molecule has 2 radical (unpaired) electrons. The first-order chi connectivity index (χ1) is 8.67. The average Bonchev–Trinajstić information content (AvgIpc) is 2.64. The molecule has 19 heavy (non-hydrogen) atoms. The van der Waals surface area contributed by atoms with Crippen LogP contribution in [0.4, 0.5) is 6.01 Å². The number of hydrogen-bond acceptors (Lipinski definition) is 4. The Bertz CT molecular complexity index is 585. The molecule has 0 atom stereocenters. The van der Waals surface area contributed by atoms with Crippen LogP contribution < -0.4 is 5.73 Å². The van der Waals surface area contributed by atoms with Crippen molar-refractivity contribution in [3.63, 3.8) is 0 Å². The summed E-state index contributed by atoms with van der Waals surface area (Å²) in [6, 6.07) is 6.07. The normalized spacial score (nSPS) is 13.1. The molecule has 2 N–H and O–H groups in total. The molecule has 1 aromatic carbocycles. The monoisotopic (exact) mass is 276 g/mol. The van der Waals surface area contributed by atoms with Crippen molar-refractivity contribution in [3.05, 3.63) is 23.8 Å². The van der Waals surface area contributed by atoms with E-state index in [0.717, 1.165) is 11.1 Å². The van der Waals surface area contributed by atoms with E-state index in [0.29, 0.717) is 15.3 Å². The van der Waals surface area contributed by atoms with Crippen molar-refractivity contribution < 1.29 is 8.84 Å². The zero-order chi connectivity index (χ0) is 14.3. The van der Waals surface area contributed by atoms with Crippen molar-refractivity contribution in [1.82, 2.24) is 4.98 Å². The van der Waals surface area contributed by atoms with Gasteiger partial charge in [0.05, 0.1) is 5.60 Å². The maximum atomic E-state index is 6.07. The molecule has 4 nitrogen and oxygen atoms in total. The van der Waals surface area contributed by atoms with Gasteiger partial charge in [-0.05, 0) is 36.6 Å². The Hall–Kier alpha value is -1.33. The van der Waals surface area contributed by atoms with E-state index in [1.165, 1.54) is 0 Å². The molecule has 0 amide bonds. The molecule has 0 saturated heterocycles. The summed E-state index contributed by atoms with van der Waals surface area (Å²) < 4.78 is 11.4. The largest absolute Gasteiger partial charge is 0.424 e. The molecule has 1 heterocycles. The van der Waals surface area contributed by atoms with Crippen molar-refractivity contribution in [1.29, 1.82) is 0 Å². The third-order valence-corrected chi connectivity index (χ3v) is 3.94. The van der Waals surface area contributed by atoms with E-state index in [1.807, 2.05) is 18.2 Å². The number of nitrogen functional groups attached to an aromatic ring is 1. The lowest BCUT2D eigenvalue weighted by Crippen LogP contribution is -2.27. The average molecular weight is 276 g/mol. The smallest absolute Gasteiger partial charge is 0.292 e. The van der Waals surface area contributed by atoms with Crippen LogP contribution in [0.1, 0.15) is 40.2 Å². The number of aromatic nitrogens is 1. The summed E-state index contributed by atoms with van der Waals surface area (Å²) in [6.45, 7) is 10.6. The SMILES string of the molecule is CC(C)(C)[Si]OC(C)(C)c1ccc2nc(N)oc2c1. The van der Waals surface area contributed by atoms with E-state index >= 15 is 0 Å². The summed E-state index contributed by atoms with van der Waals surface area (Å²) >= 11 is 0. The molecule has 2 aromatic rings. The number of hydrogen-bond donors (Lipinski definition) is 1. The van der Waals surface area contributed by atoms with Gasteiger partial charge in [0.1, 0.15) is 5.52 Å². The molecule has 0 bridgehead atoms. The molecule has 0 aliphatic carbocycles. The molecule has 2 rings (SSSR count). The molecular formula is C14H20N2O2Si. The van der Waals surface area contributed by atoms with Gasteiger partial charge >= 0.3 is 0 Å². The van der Waals surface area contributed by atoms with E-state index in [-0.39, 0.29) is 16.7 Å². The fraction of sp³-hybridized carbons (Fsp3) is 0.500. The first-order valence-corrected chi connectivity index (χ1v) is 7.20. The van der Waals surface area contributed by atoms with Gasteiger partial charge in [-0.2, -0.15) is 4.98 Å².